The van der Waals surface area contributed by atoms with Crippen LogP contribution in [0.1, 0.15) is 6.42 Å². The van der Waals surface area contributed by atoms with Crippen molar-refractivity contribution in [1.82, 2.24) is 0 Å². The molecule has 1 saturated carbocycles. The highest BCUT2D eigenvalue weighted by molar-refractivity contribution is 5.39. The Hall–Kier alpha value is -1.50. The molecule has 2 aliphatic rings. The van der Waals surface area contributed by atoms with Crippen LogP contribution in [0, 0.1) is 11.8 Å². The Balaban J connectivity index is 2.29. The van der Waals surface area contributed by atoms with Crippen molar-refractivity contribution >= 4 is 12.2 Å². The van der Waals surface area contributed by atoms with Crippen molar-refractivity contribution < 1.29 is 9.59 Å². The first-order valence-electron chi connectivity index (χ1n) is 4.19. The summed E-state index contributed by atoms with van der Waals surface area (Å²) in [7, 11) is 0. The summed E-state index contributed by atoms with van der Waals surface area (Å²) in [5.74, 6) is 0.516. The van der Waals surface area contributed by atoms with Crippen molar-refractivity contribution in [2.45, 2.75) is 18.5 Å². The Kier molecular flexibility index (Phi) is 1.93. The summed E-state index contributed by atoms with van der Waals surface area (Å²) in [4.78, 5) is 27.6. The Morgan fingerprint density at radius 3 is 1.85 bits per heavy atom. The van der Waals surface area contributed by atoms with Gasteiger partial charge >= 0.3 is 0 Å². The number of hydrogen-bond acceptors (Lipinski definition) is 4. The minimum absolute atomic E-state index is 0.186. The van der Waals surface area contributed by atoms with Gasteiger partial charge in [-0.15, -0.1) is 0 Å². The highest BCUT2D eigenvalue weighted by Gasteiger charge is 2.44. The van der Waals surface area contributed by atoms with Gasteiger partial charge in [0.15, 0.2) is 0 Å². The topological polar surface area (TPSA) is 58.9 Å². The van der Waals surface area contributed by atoms with E-state index in [1.54, 1.807) is 0 Å². The quantitative estimate of drug-likeness (QED) is 0.351. The molecule has 4 atom stereocenters. The summed E-state index contributed by atoms with van der Waals surface area (Å²) in [6.45, 7) is 0. The van der Waals surface area contributed by atoms with Gasteiger partial charge in [0.05, 0.1) is 12.1 Å². The molecular formula is C9H8N2O2. The number of fused-ring (bicyclic) bond motifs is 2. The second kappa shape index (κ2) is 3.09. The summed E-state index contributed by atoms with van der Waals surface area (Å²) < 4.78 is 0. The fourth-order valence-electron chi connectivity index (χ4n) is 2.24. The number of carbonyl (C=O) groups excluding carboxylic acids is 2. The molecule has 1 fully saturated rings. The third-order valence-electron chi connectivity index (χ3n) is 2.78. The van der Waals surface area contributed by atoms with Crippen molar-refractivity contribution in [2.75, 3.05) is 0 Å². The van der Waals surface area contributed by atoms with Gasteiger partial charge in [0.1, 0.15) is 0 Å². The van der Waals surface area contributed by atoms with Gasteiger partial charge in [-0.1, -0.05) is 12.2 Å². The van der Waals surface area contributed by atoms with E-state index in [9.17, 15) is 9.59 Å². The van der Waals surface area contributed by atoms with Gasteiger partial charge in [-0.05, 0) is 6.42 Å². The average Bonchev–Trinajstić information content (AvgIpc) is 2.69. The van der Waals surface area contributed by atoms with Gasteiger partial charge in [-0.2, -0.15) is 9.98 Å². The van der Waals surface area contributed by atoms with Crippen LogP contribution in [0.5, 0.6) is 0 Å². The molecule has 66 valence electrons. The van der Waals surface area contributed by atoms with E-state index in [0.29, 0.717) is 0 Å². The molecule has 2 bridgehead atoms. The first-order valence-corrected chi connectivity index (χ1v) is 4.19. The van der Waals surface area contributed by atoms with Gasteiger partial charge in [0.2, 0.25) is 12.2 Å². The van der Waals surface area contributed by atoms with Gasteiger partial charge in [0.25, 0.3) is 0 Å². The number of nitrogens with zero attached hydrogens (tertiary/aromatic N) is 2. The first-order chi connectivity index (χ1) is 6.36. The molecule has 4 heteroatoms. The summed E-state index contributed by atoms with van der Waals surface area (Å²) in [6.07, 6.45) is 8.07. The standard InChI is InChI=1S/C9H8N2O2/c12-4-10-8-6-1-2-7(3-6)9(8)11-5-13/h1-2,6-9H,3H2. The van der Waals surface area contributed by atoms with E-state index in [1.165, 1.54) is 12.2 Å². The van der Waals surface area contributed by atoms with Crippen LogP contribution >= 0.6 is 0 Å². The largest absolute Gasteiger partial charge is 0.235 e. The maximum Gasteiger partial charge on any atom is 0.235 e. The van der Waals surface area contributed by atoms with Crippen molar-refractivity contribution in [3.05, 3.63) is 12.2 Å². The first kappa shape index (κ1) is 8.11. The second-order valence-electron chi connectivity index (χ2n) is 3.37. The second-order valence-corrected chi connectivity index (χ2v) is 3.37. The number of hydrogen-bond donors (Lipinski definition) is 0. The normalized spacial score (nSPS) is 39.7. The maximum absolute atomic E-state index is 10.1. The van der Waals surface area contributed by atoms with Crippen LogP contribution in [0.3, 0.4) is 0 Å². The summed E-state index contributed by atoms with van der Waals surface area (Å²) in [6, 6.07) is -0.372. The molecule has 0 N–H and O–H groups in total. The SMILES string of the molecule is O=C=NC1C2C=CC(C2)C1N=C=O. The van der Waals surface area contributed by atoms with Gasteiger partial charge in [-0.3, -0.25) is 0 Å². The van der Waals surface area contributed by atoms with Crippen LogP contribution in [0.25, 0.3) is 0 Å². The lowest BCUT2D eigenvalue weighted by atomic mass is 9.97. The summed E-state index contributed by atoms with van der Waals surface area (Å²) in [5, 5.41) is 0. The van der Waals surface area contributed by atoms with Crippen molar-refractivity contribution in [2.24, 2.45) is 21.8 Å². The molecule has 0 aromatic carbocycles. The molecule has 13 heavy (non-hydrogen) atoms. The van der Waals surface area contributed by atoms with E-state index < -0.39 is 0 Å². The molecule has 2 aliphatic carbocycles. The van der Waals surface area contributed by atoms with Crippen LogP contribution in [0.2, 0.25) is 0 Å². The molecule has 4 unspecified atom stereocenters. The van der Waals surface area contributed by atoms with E-state index in [0.717, 1.165) is 6.42 Å². The highest BCUT2D eigenvalue weighted by atomic mass is 16.1. The zero-order chi connectivity index (χ0) is 9.26. The van der Waals surface area contributed by atoms with Crippen LogP contribution in [-0.2, 0) is 9.59 Å². The zero-order valence-electron chi connectivity index (χ0n) is 6.88. The number of aliphatic imine (C=N–C) groups is 2. The van der Waals surface area contributed by atoms with Gasteiger partial charge in [0, 0.05) is 11.8 Å². The van der Waals surface area contributed by atoms with Crippen LogP contribution in [0.15, 0.2) is 22.1 Å². The maximum atomic E-state index is 10.1. The predicted octanol–water partition coefficient (Wildman–Crippen LogP) is 0.601. The lowest BCUT2D eigenvalue weighted by molar-refractivity contribution is 0.485. The molecule has 0 saturated heterocycles. The zero-order valence-corrected chi connectivity index (χ0v) is 6.88. The van der Waals surface area contributed by atoms with Crippen LogP contribution < -0.4 is 0 Å². The molecule has 2 rings (SSSR count). The van der Waals surface area contributed by atoms with Gasteiger partial charge < -0.3 is 0 Å². The lowest BCUT2D eigenvalue weighted by Gasteiger charge is -2.17. The monoisotopic (exact) mass is 176 g/mol. The van der Waals surface area contributed by atoms with E-state index >= 15 is 0 Å². The smallest absolute Gasteiger partial charge is 0.211 e. The van der Waals surface area contributed by atoms with Crippen molar-refractivity contribution in [3.8, 4) is 0 Å². The Labute approximate surface area is 75.1 Å². The molecule has 0 heterocycles. The fourth-order valence-corrected chi connectivity index (χ4v) is 2.24. The molecule has 4 nitrogen and oxygen atoms in total. The van der Waals surface area contributed by atoms with E-state index in [2.05, 4.69) is 9.98 Å². The molecule has 0 amide bonds. The van der Waals surface area contributed by atoms with Gasteiger partial charge in [-0.25, -0.2) is 9.59 Å². The minimum Gasteiger partial charge on any atom is -0.211 e. The molecule has 0 aromatic heterocycles. The Morgan fingerprint density at radius 1 is 1.00 bits per heavy atom. The number of rotatable bonds is 2. The molecule has 0 aromatic rings. The molecular weight excluding hydrogens is 168 g/mol. The van der Waals surface area contributed by atoms with E-state index in [-0.39, 0.29) is 23.9 Å². The molecule has 0 aliphatic heterocycles. The van der Waals surface area contributed by atoms with E-state index in [4.69, 9.17) is 0 Å². The Bertz CT molecular complexity index is 306. The average molecular weight is 176 g/mol. The minimum atomic E-state index is -0.186. The number of isocyanates is 2. The Morgan fingerprint density at radius 2 is 1.46 bits per heavy atom. The highest BCUT2D eigenvalue weighted by Crippen LogP contribution is 2.42. The van der Waals surface area contributed by atoms with Crippen LogP contribution in [-0.4, -0.2) is 24.2 Å². The molecule has 0 spiro atoms. The van der Waals surface area contributed by atoms with E-state index in [1.807, 2.05) is 12.2 Å². The van der Waals surface area contributed by atoms with Crippen molar-refractivity contribution in [1.29, 1.82) is 0 Å². The lowest BCUT2D eigenvalue weighted by Crippen LogP contribution is -2.26. The predicted molar refractivity (Wildman–Crippen MR) is 44.6 cm³/mol. The fraction of sp³-hybridized carbons (Fsp3) is 0.556. The third kappa shape index (κ3) is 1.17. The summed E-state index contributed by atoms with van der Waals surface area (Å²) >= 11 is 0. The van der Waals surface area contributed by atoms with Crippen molar-refractivity contribution in [3.63, 3.8) is 0 Å². The molecule has 0 radical (unpaired) electrons. The summed E-state index contributed by atoms with van der Waals surface area (Å²) in [5.41, 5.74) is 0. The van der Waals surface area contributed by atoms with Crippen LogP contribution in [0.4, 0.5) is 0 Å². The third-order valence-corrected chi connectivity index (χ3v) is 2.78.